The van der Waals surface area contributed by atoms with Gasteiger partial charge in [0.2, 0.25) is 15.9 Å². The number of amides is 1. The molecular weight excluding hydrogens is 398 g/mol. The average molecular weight is 430 g/mol. The second kappa shape index (κ2) is 9.98. The highest BCUT2D eigenvalue weighted by molar-refractivity contribution is 7.92. The first-order valence-electron chi connectivity index (χ1n) is 10.6. The second-order valence-corrected chi connectivity index (χ2v) is 9.61. The summed E-state index contributed by atoms with van der Waals surface area (Å²) in [5.74, 6) is -0.299. The predicted molar refractivity (Wildman–Crippen MR) is 122 cm³/mol. The lowest BCUT2D eigenvalue weighted by atomic mass is 10.1. The molecule has 1 aliphatic heterocycles. The van der Waals surface area contributed by atoms with Gasteiger partial charge in [0, 0.05) is 25.3 Å². The summed E-state index contributed by atoms with van der Waals surface area (Å²) in [6, 6.07) is 16.2. The third-order valence-corrected chi connectivity index (χ3v) is 6.64. The van der Waals surface area contributed by atoms with Crippen LogP contribution in [0.3, 0.4) is 0 Å². The zero-order valence-electron chi connectivity index (χ0n) is 17.8. The number of piperidine rings is 1. The van der Waals surface area contributed by atoms with E-state index in [9.17, 15) is 13.2 Å². The number of nitrogens with zero attached hydrogens (tertiary/aromatic N) is 2. The van der Waals surface area contributed by atoms with Crippen LogP contribution in [0.15, 0.2) is 54.6 Å². The third-order valence-electron chi connectivity index (χ3n) is 5.46. The maximum absolute atomic E-state index is 12.9. The SMILES string of the molecule is CCC(C(=O)NCc1ccc(N2CCCCC2)cc1)N(c1ccccc1)S(C)(=O)=O. The van der Waals surface area contributed by atoms with Crippen molar-refractivity contribution in [2.24, 2.45) is 0 Å². The Labute approximate surface area is 179 Å². The van der Waals surface area contributed by atoms with Crippen LogP contribution in [0.5, 0.6) is 0 Å². The molecule has 3 rings (SSSR count). The van der Waals surface area contributed by atoms with Gasteiger partial charge >= 0.3 is 0 Å². The molecule has 30 heavy (non-hydrogen) atoms. The number of anilines is 2. The molecule has 0 bridgehead atoms. The molecule has 162 valence electrons. The highest BCUT2D eigenvalue weighted by Crippen LogP contribution is 2.23. The minimum Gasteiger partial charge on any atom is -0.372 e. The van der Waals surface area contributed by atoms with Crippen molar-refractivity contribution < 1.29 is 13.2 Å². The van der Waals surface area contributed by atoms with E-state index in [0.717, 1.165) is 24.9 Å². The summed E-state index contributed by atoms with van der Waals surface area (Å²) in [6.07, 6.45) is 5.27. The number of nitrogens with one attached hydrogen (secondary N) is 1. The molecule has 1 unspecified atom stereocenters. The maximum Gasteiger partial charge on any atom is 0.244 e. The Balaban J connectivity index is 1.67. The van der Waals surface area contributed by atoms with Crippen LogP contribution >= 0.6 is 0 Å². The van der Waals surface area contributed by atoms with Gasteiger partial charge in [-0.3, -0.25) is 9.10 Å². The van der Waals surface area contributed by atoms with Crippen molar-refractivity contribution in [2.45, 2.75) is 45.2 Å². The molecule has 1 saturated heterocycles. The Bertz CT molecular complexity index is 924. The van der Waals surface area contributed by atoms with Gasteiger partial charge in [-0.15, -0.1) is 0 Å². The Morgan fingerprint density at radius 3 is 2.23 bits per heavy atom. The molecule has 0 aromatic heterocycles. The molecular formula is C23H31N3O3S. The lowest BCUT2D eigenvalue weighted by Gasteiger charge is -2.30. The number of hydrogen-bond donors (Lipinski definition) is 1. The molecule has 0 spiro atoms. The van der Waals surface area contributed by atoms with Gasteiger partial charge in [-0.25, -0.2) is 8.42 Å². The molecule has 0 aliphatic carbocycles. The number of carbonyl (C=O) groups excluding carboxylic acids is 1. The van der Waals surface area contributed by atoms with E-state index in [-0.39, 0.29) is 5.91 Å². The van der Waals surface area contributed by atoms with Crippen molar-refractivity contribution in [1.82, 2.24) is 5.32 Å². The number of rotatable bonds is 8. The summed E-state index contributed by atoms with van der Waals surface area (Å²) in [7, 11) is -3.61. The fourth-order valence-electron chi connectivity index (χ4n) is 3.92. The van der Waals surface area contributed by atoms with Gasteiger partial charge in [0.15, 0.2) is 0 Å². The van der Waals surface area contributed by atoms with Gasteiger partial charge in [-0.1, -0.05) is 37.3 Å². The monoisotopic (exact) mass is 429 g/mol. The molecule has 2 aromatic rings. The van der Waals surface area contributed by atoms with Crippen LogP contribution in [0, 0.1) is 0 Å². The number of sulfonamides is 1. The van der Waals surface area contributed by atoms with E-state index in [0.29, 0.717) is 18.7 Å². The summed E-state index contributed by atoms with van der Waals surface area (Å²) >= 11 is 0. The van der Waals surface area contributed by atoms with Crippen LogP contribution in [0.1, 0.15) is 38.2 Å². The minimum atomic E-state index is -3.61. The molecule has 1 N–H and O–H groups in total. The molecule has 1 heterocycles. The molecule has 0 radical (unpaired) electrons. The number of carbonyl (C=O) groups is 1. The molecule has 7 heteroatoms. The van der Waals surface area contributed by atoms with Gasteiger partial charge in [-0.05, 0) is 55.5 Å². The first kappa shape index (κ1) is 22.2. The number of para-hydroxylation sites is 1. The quantitative estimate of drug-likeness (QED) is 0.697. The molecule has 0 saturated carbocycles. The highest BCUT2D eigenvalue weighted by atomic mass is 32.2. The summed E-state index contributed by atoms with van der Waals surface area (Å²) in [5.41, 5.74) is 2.70. The number of benzene rings is 2. The van der Waals surface area contributed by atoms with Crippen molar-refractivity contribution >= 4 is 27.3 Å². The van der Waals surface area contributed by atoms with Crippen LogP contribution < -0.4 is 14.5 Å². The fraction of sp³-hybridized carbons (Fsp3) is 0.435. The first-order valence-corrected chi connectivity index (χ1v) is 12.4. The molecule has 1 fully saturated rings. The van der Waals surface area contributed by atoms with E-state index in [2.05, 4.69) is 22.3 Å². The Morgan fingerprint density at radius 1 is 1.03 bits per heavy atom. The van der Waals surface area contributed by atoms with E-state index in [1.807, 2.05) is 25.1 Å². The maximum atomic E-state index is 12.9. The summed E-state index contributed by atoms with van der Waals surface area (Å²) in [5, 5.41) is 2.91. The van der Waals surface area contributed by atoms with Crippen molar-refractivity contribution in [3.63, 3.8) is 0 Å². The Kier molecular flexibility index (Phi) is 7.37. The second-order valence-electron chi connectivity index (χ2n) is 7.75. The van der Waals surface area contributed by atoms with E-state index in [4.69, 9.17) is 0 Å². The van der Waals surface area contributed by atoms with Crippen molar-refractivity contribution in [3.8, 4) is 0 Å². The van der Waals surface area contributed by atoms with Gasteiger partial charge in [-0.2, -0.15) is 0 Å². The van der Waals surface area contributed by atoms with E-state index >= 15 is 0 Å². The van der Waals surface area contributed by atoms with Gasteiger partial charge in [0.1, 0.15) is 6.04 Å². The van der Waals surface area contributed by atoms with Crippen molar-refractivity contribution in [1.29, 1.82) is 0 Å². The van der Waals surface area contributed by atoms with Gasteiger partial charge in [0.25, 0.3) is 0 Å². The lowest BCUT2D eigenvalue weighted by molar-refractivity contribution is -0.122. The standard InChI is InChI=1S/C23H31N3O3S/c1-3-22(26(30(2,28)29)21-10-6-4-7-11-21)23(27)24-18-19-12-14-20(15-13-19)25-16-8-5-9-17-25/h4,6-7,10-15,22H,3,5,8-9,16-18H2,1-2H3,(H,24,27). The fourth-order valence-corrected chi connectivity index (χ4v) is 5.13. The summed E-state index contributed by atoms with van der Waals surface area (Å²) in [6.45, 7) is 4.37. The van der Waals surface area contributed by atoms with E-state index in [1.54, 1.807) is 24.3 Å². The Morgan fingerprint density at radius 2 is 1.67 bits per heavy atom. The van der Waals surface area contributed by atoms with Gasteiger partial charge in [0.05, 0.1) is 11.9 Å². The van der Waals surface area contributed by atoms with Crippen LogP contribution in [0.2, 0.25) is 0 Å². The first-order chi connectivity index (χ1) is 14.4. The smallest absolute Gasteiger partial charge is 0.244 e. The van der Waals surface area contributed by atoms with E-state index < -0.39 is 16.1 Å². The van der Waals surface area contributed by atoms with Crippen LogP contribution in [0.25, 0.3) is 0 Å². The molecule has 1 atom stereocenters. The molecule has 1 aliphatic rings. The minimum absolute atomic E-state index is 0.299. The van der Waals surface area contributed by atoms with Crippen molar-refractivity contribution in [2.75, 3.05) is 28.6 Å². The average Bonchev–Trinajstić information content (AvgIpc) is 2.76. The van der Waals surface area contributed by atoms with Crippen LogP contribution in [0.4, 0.5) is 11.4 Å². The molecule has 6 nitrogen and oxygen atoms in total. The third kappa shape index (κ3) is 5.53. The predicted octanol–water partition coefficient (Wildman–Crippen LogP) is 3.54. The largest absolute Gasteiger partial charge is 0.372 e. The summed E-state index contributed by atoms with van der Waals surface area (Å²) in [4.78, 5) is 15.3. The highest BCUT2D eigenvalue weighted by Gasteiger charge is 2.31. The van der Waals surface area contributed by atoms with Crippen LogP contribution in [-0.4, -0.2) is 39.7 Å². The molecule has 1 amide bonds. The zero-order valence-corrected chi connectivity index (χ0v) is 18.6. The normalized spacial score (nSPS) is 15.5. The number of hydrogen-bond acceptors (Lipinski definition) is 4. The zero-order chi connectivity index (χ0) is 21.6. The van der Waals surface area contributed by atoms with E-state index in [1.165, 1.54) is 29.3 Å². The summed E-state index contributed by atoms with van der Waals surface area (Å²) < 4.78 is 26.1. The lowest BCUT2D eigenvalue weighted by Crippen LogP contribution is -2.49. The Hall–Kier alpha value is -2.54. The topological polar surface area (TPSA) is 69.7 Å². The van der Waals surface area contributed by atoms with Crippen molar-refractivity contribution in [3.05, 3.63) is 60.2 Å². The molecule has 2 aromatic carbocycles. The van der Waals surface area contributed by atoms with Crippen LogP contribution in [-0.2, 0) is 21.4 Å². The van der Waals surface area contributed by atoms with Gasteiger partial charge < -0.3 is 10.2 Å².